The van der Waals surface area contributed by atoms with E-state index >= 15 is 0 Å². The summed E-state index contributed by atoms with van der Waals surface area (Å²) in [5.74, 6) is -0.889. The van der Waals surface area contributed by atoms with Gasteiger partial charge in [-0.15, -0.1) is 0 Å². The van der Waals surface area contributed by atoms with E-state index in [1.54, 1.807) is 25.1 Å². The molecule has 0 aliphatic rings. The van der Waals surface area contributed by atoms with Gasteiger partial charge in [0.1, 0.15) is 5.75 Å². The van der Waals surface area contributed by atoms with E-state index in [9.17, 15) is 14.7 Å². The molecule has 0 spiro atoms. The number of halogens is 1. The maximum atomic E-state index is 12.0. The molecule has 0 unspecified atom stereocenters. The molecular formula is C17H16IN3O3. The Kier molecular flexibility index (Phi) is 6.30. The zero-order valence-electron chi connectivity index (χ0n) is 12.9. The smallest absolute Gasteiger partial charge is 0.275 e. The molecule has 2 rings (SSSR count). The first kappa shape index (κ1) is 17.9. The number of phenols is 1. The second-order valence-electron chi connectivity index (χ2n) is 5.04. The van der Waals surface area contributed by atoms with Gasteiger partial charge in [-0.05, 0) is 59.8 Å². The number of nitrogens with one attached hydrogen (secondary N) is 2. The third-order valence-electron chi connectivity index (χ3n) is 3.02. The second-order valence-corrected chi connectivity index (χ2v) is 6.29. The number of aromatic hydroxyl groups is 1. The average molecular weight is 437 g/mol. The molecule has 2 aromatic carbocycles. The molecule has 0 saturated heterocycles. The highest BCUT2D eigenvalue weighted by molar-refractivity contribution is 14.1. The first-order valence-electron chi connectivity index (χ1n) is 7.12. The van der Waals surface area contributed by atoms with Crippen molar-refractivity contribution in [2.45, 2.75) is 13.3 Å². The minimum atomic E-state index is -0.537. The van der Waals surface area contributed by atoms with Gasteiger partial charge < -0.3 is 10.4 Å². The summed E-state index contributed by atoms with van der Waals surface area (Å²) in [5, 5.41) is 16.3. The Labute approximate surface area is 153 Å². The Morgan fingerprint density at radius 1 is 1.17 bits per heavy atom. The third kappa shape index (κ3) is 5.34. The Hall–Kier alpha value is -2.42. The number of carbonyl (C=O) groups is 2. The predicted molar refractivity (Wildman–Crippen MR) is 101 cm³/mol. The lowest BCUT2D eigenvalue weighted by atomic mass is 10.2. The summed E-state index contributed by atoms with van der Waals surface area (Å²) in [4.78, 5) is 23.9. The zero-order chi connectivity index (χ0) is 17.5. The minimum absolute atomic E-state index is 0.0481. The van der Waals surface area contributed by atoms with Gasteiger partial charge in [0, 0.05) is 15.0 Å². The number of nitrogens with zero attached hydrogens (tertiary/aromatic N) is 1. The standard InChI is InChI=1S/C17H16IN3O3/c1-11(9-16(23)19-13-6-4-5-12(18)10-13)20-21-17(24)14-7-2-3-8-15(14)22/h2-8,10,22H,9H2,1H3,(H,19,23)(H,21,24)/b20-11+. The number of benzene rings is 2. The van der Waals surface area contributed by atoms with Crippen molar-refractivity contribution >= 4 is 45.8 Å². The van der Waals surface area contributed by atoms with Gasteiger partial charge >= 0.3 is 0 Å². The lowest BCUT2D eigenvalue weighted by molar-refractivity contribution is -0.115. The molecule has 6 nitrogen and oxygen atoms in total. The van der Waals surface area contributed by atoms with Crippen molar-refractivity contribution in [1.82, 2.24) is 5.43 Å². The van der Waals surface area contributed by atoms with Crippen LogP contribution in [0.5, 0.6) is 5.75 Å². The van der Waals surface area contributed by atoms with E-state index in [0.29, 0.717) is 11.4 Å². The van der Waals surface area contributed by atoms with E-state index in [1.807, 2.05) is 18.2 Å². The molecule has 0 aromatic heterocycles. The Morgan fingerprint density at radius 3 is 2.62 bits per heavy atom. The van der Waals surface area contributed by atoms with Crippen LogP contribution in [0.1, 0.15) is 23.7 Å². The Balaban J connectivity index is 1.90. The van der Waals surface area contributed by atoms with Crippen LogP contribution in [0.3, 0.4) is 0 Å². The summed E-state index contributed by atoms with van der Waals surface area (Å²) >= 11 is 2.16. The van der Waals surface area contributed by atoms with Gasteiger partial charge in [-0.3, -0.25) is 9.59 Å². The number of phenolic OH excluding ortho intramolecular Hbond substituents is 1. The molecule has 0 fully saturated rings. The number of anilines is 1. The number of rotatable bonds is 5. The summed E-state index contributed by atoms with van der Waals surface area (Å²) < 4.78 is 1.02. The van der Waals surface area contributed by atoms with Crippen LogP contribution in [-0.2, 0) is 4.79 Å². The molecular weight excluding hydrogens is 421 g/mol. The first-order chi connectivity index (χ1) is 11.5. The molecule has 3 N–H and O–H groups in total. The summed E-state index contributed by atoms with van der Waals surface area (Å²) in [6.07, 6.45) is 0.0481. The molecule has 2 amide bonds. The topological polar surface area (TPSA) is 90.8 Å². The first-order valence-corrected chi connectivity index (χ1v) is 8.20. The van der Waals surface area contributed by atoms with Crippen molar-refractivity contribution in [3.8, 4) is 5.75 Å². The van der Waals surface area contributed by atoms with Crippen molar-refractivity contribution in [2.75, 3.05) is 5.32 Å². The van der Waals surface area contributed by atoms with E-state index in [0.717, 1.165) is 3.57 Å². The quantitative estimate of drug-likeness (QED) is 0.382. The van der Waals surface area contributed by atoms with Gasteiger partial charge in [0.2, 0.25) is 5.91 Å². The number of amides is 2. The van der Waals surface area contributed by atoms with Gasteiger partial charge in [-0.25, -0.2) is 5.43 Å². The van der Waals surface area contributed by atoms with Crippen molar-refractivity contribution in [2.24, 2.45) is 5.10 Å². The lowest BCUT2D eigenvalue weighted by Gasteiger charge is -2.06. The van der Waals surface area contributed by atoms with Gasteiger partial charge in [0.05, 0.1) is 12.0 Å². The van der Waals surface area contributed by atoms with Gasteiger partial charge in [-0.2, -0.15) is 5.10 Å². The molecule has 0 saturated carbocycles. The highest BCUT2D eigenvalue weighted by Gasteiger charge is 2.10. The van der Waals surface area contributed by atoms with Crippen LogP contribution in [0.15, 0.2) is 53.6 Å². The van der Waals surface area contributed by atoms with Crippen molar-refractivity contribution in [1.29, 1.82) is 0 Å². The average Bonchev–Trinajstić information content (AvgIpc) is 2.53. The molecule has 0 aliphatic heterocycles. The van der Waals surface area contributed by atoms with Crippen molar-refractivity contribution in [3.05, 3.63) is 57.7 Å². The fourth-order valence-electron chi connectivity index (χ4n) is 1.92. The van der Waals surface area contributed by atoms with E-state index < -0.39 is 5.91 Å². The molecule has 24 heavy (non-hydrogen) atoms. The summed E-state index contributed by atoms with van der Waals surface area (Å²) in [6, 6.07) is 13.6. The van der Waals surface area contributed by atoms with Gasteiger partial charge in [-0.1, -0.05) is 18.2 Å². The van der Waals surface area contributed by atoms with E-state index in [1.165, 1.54) is 12.1 Å². The van der Waals surface area contributed by atoms with E-state index in [2.05, 4.69) is 38.4 Å². The molecule has 0 radical (unpaired) electrons. The van der Waals surface area contributed by atoms with Crippen LogP contribution in [0.4, 0.5) is 5.69 Å². The maximum Gasteiger partial charge on any atom is 0.275 e. The molecule has 0 atom stereocenters. The zero-order valence-corrected chi connectivity index (χ0v) is 15.1. The van der Waals surface area contributed by atoms with E-state index in [4.69, 9.17) is 0 Å². The SMILES string of the molecule is C/C(CC(=O)Nc1cccc(I)c1)=N\NC(=O)c1ccccc1O. The number of hydrogen-bond donors (Lipinski definition) is 3. The Bertz CT molecular complexity index is 790. The molecule has 0 heterocycles. The van der Waals surface area contributed by atoms with Crippen molar-refractivity contribution in [3.63, 3.8) is 0 Å². The minimum Gasteiger partial charge on any atom is -0.507 e. The third-order valence-corrected chi connectivity index (χ3v) is 3.69. The highest BCUT2D eigenvalue weighted by Crippen LogP contribution is 2.15. The summed E-state index contributed by atoms with van der Waals surface area (Å²) in [5.41, 5.74) is 3.60. The Morgan fingerprint density at radius 2 is 1.92 bits per heavy atom. The van der Waals surface area contributed by atoms with Gasteiger partial charge in [0.15, 0.2) is 0 Å². The molecule has 2 aromatic rings. The maximum absolute atomic E-state index is 12.0. The number of carbonyl (C=O) groups excluding carboxylic acids is 2. The summed E-state index contributed by atoms with van der Waals surface area (Å²) in [7, 11) is 0. The number of para-hydroxylation sites is 1. The monoisotopic (exact) mass is 437 g/mol. The number of hydrazone groups is 1. The van der Waals surface area contributed by atoms with Crippen LogP contribution in [0.25, 0.3) is 0 Å². The molecule has 124 valence electrons. The van der Waals surface area contributed by atoms with Crippen LogP contribution in [0, 0.1) is 3.57 Å². The molecule has 0 bridgehead atoms. The fraction of sp³-hybridized carbons (Fsp3) is 0.118. The molecule has 7 heteroatoms. The van der Waals surface area contributed by atoms with Crippen LogP contribution in [-0.4, -0.2) is 22.6 Å². The van der Waals surface area contributed by atoms with Crippen LogP contribution < -0.4 is 10.7 Å². The van der Waals surface area contributed by atoms with Crippen molar-refractivity contribution < 1.29 is 14.7 Å². The summed E-state index contributed by atoms with van der Waals surface area (Å²) in [6.45, 7) is 1.64. The fourth-order valence-corrected chi connectivity index (χ4v) is 2.46. The molecule has 0 aliphatic carbocycles. The van der Waals surface area contributed by atoms with Crippen LogP contribution in [0.2, 0.25) is 0 Å². The largest absolute Gasteiger partial charge is 0.507 e. The lowest BCUT2D eigenvalue weighted by Crippen LogP contribution is -2.21. The number of hydrogen-bond acceptors (Lipinski definition) is 4. The normalized spacial score (nSPS) is 11.0. The van der Waals surface area contributed by atoms with E-state index in [-0.39, 0.29) is 23.6 Å². The highest BCUT2D eigenvalue weighted by atomic mass is 127. The second kappa shape index (κ2) is 8.44. The van der Waals surface area contributed by atoms with Crippen LogP contribution >= 0.6 is 22.6 Å². The predicted octanol–water partition coefficient (Wildman–Crippen LogP) is 3.13. The van der Waals surface area contributed by atoms with Gasteiger partial charge in [0.25, 0.3) is 5.91 Å².